The first kappa shape index (κ1) is 22.9. The van der Waals surface area contributed by atoms with E-state index in [1.807, 2.05) is 13.0 Å². The molecule has 0 unspecified atom stereocenters. The minimum absolute atomic E-state index is 0.0641. The van der Waals surface area contributed by atoms with E-state index in [0.29, 0.717) is 30.2 Å². The van der Waals surface area contributed by atoms with Crippen molar-refractivity contribution < 1.29 is 22.7 Å². The van der Waals surface area contributed by atoms with Crippen molar-refractivity contribution in [2.75, 3.05) is 29.6 Å². The molecule has 0 aliphatic carbocycles. The minimum atomic E-state index is -4.49. The molecule has 9 heteroatoms. The molecule has 1 amide bonds. The molecule has 0 spiro atoms. The first-order valence-corrected chi connectivity index (χ1v) is 9.90. The average Bonchev–Trinajstić information content (AvgIpc) is 2.78. The van der Waals surface area contributed by atoms with Gasteiger partial charge in [0.1, 0.15) is 0 Å². The van der Waals surface area contributed by atoms with Gasteiger partial charge < -0.3 is 20.7 Å². The van der Waals surface area contributed by atoms with Crippen LogP contribution in [0.1, 0.15) is 28.4 Å². The number of benzene rings is 2. The summed E-state index contributed by atoms with van der Waals surface area (Å²) in [6, 6.07) is 13.2. The molecule has 3 aromatic rings. The van der Waals surface area contributed by atoms with E-state index in [1.54, 1.807) is 37.6 Å². The molecular weight excluding hydrogens is 421 g/mol. The van der Waals surface area contributed by atoms with E-state index < -0.39 is 17.6 Å². The van der Waals surface area contributed by atoms with Crippen molar-refractivity contribution in [3.8, 4) is 5.88 Å². The molecule has 2 aromatic carbocycles. The van der Waals surface area contributed by atoms with Gasteiger partial charge in [0.15, 0.2) is 0 Å². The van der Waals surface area contributed by atoms with E-state index in [9.17, 15) is 18.0 Å². The van der Waals surface area contributed by atoms with Gasteiger partial charge in [0.05, 0.1) is 23.9 Å². The Hall–Kier alpha value is -3.75. The quantitative estimate of drug-likeness (QED) is 0.434. The second kappa shape index (κ2) is 10.0. The highest BCUT2D eigenvalue weighted by Gasteiger charge is 2.30. The van der Waals surface area contributed by atoms with Crippen LogP contribution in [0.2, 0.25) is 0 Å². The van der Waals surface area contributed by atoms with Crippen molar-refractivity contribution in [2.45, 2.75) is 19.6 Å². The Labute approximate surface area is 183 Å². The van der Waals surface area contributed by atoms with E-state index in [4.69, 9.17) is 4.74 Å². The Morgan fingerprint density at radius 3 is 2.53 bits per heavy atom. The first-order chi connectivity index (χ1) is 15.3. The van der Waals surface area contributed by atoms with E-state index >= 15 is 0 Å². The van der Waals surface area contributed by atoms with Gasteiger partial charge in [-0.25, -0.2) is 4.98 Å². The fourth-order valence-corrected chi connectivity index (χ4v) is 3.08. The maximum Gasteiger partial charge on any atom is 0.416 e. The second-order valence-electron chi connectivity index (χ2n) is 6.86. The number of pyridine rings is 1. The number of alkyl halides is 3. The molecule has 0 aliphatic rings. The summed E-state index contributed by atoms with van der Waals surface area (Å²) in [4.78, 5) is 17.0. The van der Waals surface area contributed by atoms with Gasteiger partial charge in [-0.3, -0.25) is 4.79 Å². The zero-order valence-corrected chi connectivity index (χ0v) is 17.6. The van der Waals surface area contributed by atoms with Crippen molar-refractivity contribution >= 4 is 23.0 Å². The molecule has 3 N–H and O–H groups in total. The summed E-state index contributed by atoms with van der Waals surface area (Å²) in [6.45, 7) is 3.04. The van der Waals surface area contributed by atoms with Crippen molar-refractivity contribution in [1.29, 1.82) is 0 Å². The molecule has 0 saturated heterocycles. The Morgan fingerprint density at radius 1 is 1.03 bits per heavy atom. The molecular formula is C23H23F3N4O2. The molecule has 3 rings (SSSR count). The Kier molecular flexibility index (Phi) is 7.19. The normalized spacial score (nSPS) is 11.0. The molecule has 1 aromatic heterocycles. The van der Waals surface area contributed by atoms with Crippen LogP contribution >= 0.6 is 0 Å². The smallest absolute Gasteiger partial charge is 0.416 e. The summed E-state index contributed by atoms with van der Waals surface area (Å²) in [7, 11) is 1.54. The summed E-state index contributed by atoms with van der Waals surface area (Å²) in [5.74, 6) is -0.0370. The van der Waals surface area contributed by atoms with Crippen LogP contribution in [-0.2, 0) is 12.7 Å². The van der Waals surface area contributed by atoms with E-state index in [1.165, 1.54) is 12.1 Å². The highest BCUT2D eigenvalue weighted by Crippen LogP contribution is 2.31. The number of hydrogen-bond donors (Lipinski definition) is 3. The van der Waals surface area contributed by atoms with E-state index in [2.05, 4.69) is 20.9 Å². The lowest BCUT2D eigenvalue weighted by Crippen LogP contribution is -2.15. The predicted octanol–water partition coefficient (Wildman–Crippen LogP) is 5.41. The van der Waals surface area contributed by atoms with E-state index in [0.717, 1.165) is 23.4 Å². The van der Waals surface area contributed by atoms with Crippen molar-refractivity contribution in [1.82, 2.24) is 4.98 Å². The van der Waals surface area contributed by atoms with Gasteiger partial charge >= 0.3 is 6.18 Å². The number of methoxy groups -OCH3 is 1. The third-order valence-corrected chi connectivity index (χ3v) is 4.57. The van der Waals surface area contributed by atoms with Crippen molar-refractivity contribution in [3.63, 3.8) is 0 Å². The first-order valence-electron chi connectivity index (χ1n) is 9.90. The van der Waals surface area contributed by atoms with Crippen LogP contribution in [0, 0.1) is 0 Å². The van der Waals surface area contributed by atoms with E-state index in [-0.39, 0.29) is 5.69 Å². The van der Waals surface area contributed by atoms with Gasteiger partial charge in [0.25, 0.3) is 5.91 Å². The Morgan fingerprint density at radius 2 is 1.81 bits per heavy atom. The lowest BCUT2D eigenvalue weighted by molar-refractivity contribution is -0.137. The molecule has 0 radical (unpaired) electrons. The molecule has 0 saturated carbocycles. The number of hydrogen-bond acceptors (Lipinski definition) is 5. The van der Waals surface area contributed by atoms with Gasteiger partial charge in [-0.05, 0) is 48.9 Å². The number of para-hydroxylation sites is 1. The number of halogens is 3. The molecule has 1 heterocycles. The number of aromatic nitrogens is 1. The zero-order valence-electron chi connectivity index (χ0n) is 17.6. The van der Waals surface area contributed by atoms with Crippen molar-refractivity contribution in [2.24, 2.45) is 0 Å². The SMILES string of the molecule is CCNc1cc(CNc2ccccc2C(=O)Nc2cccc(C(F)(F)F)c2)cnc1OC. The number of nitrogens with one attached hydrogen (secondary N) is 3. The molecule has 0 atom stereocenters. The van der Waals surface area contributed by atoms with Gasteiger partial charge in [-0.2, -0.15) is 13.2 Å². The van der Waals surface area contributed by atoms with Crippen LogP contribution in [0.3, 0.4) is 0 Å². The van der Waals surface area contributed by atoms with Crippen LogP contribution in [0.5, 0.6) is 5.88 Å². The number of carbonyl (C=O) groups is 1. The Balaban J connectivity index is 1.75. The highest BCUT2D eigenvalue weighted by atomic mass is 19.4. The maximum atomic E-state index is 12.9. The Bertz CT molecular complexity index is 1090. The average molecular weight is 444 g/mol. The summed E-state index contributed by atoms with van der Waals surface area (Å²) in [5, 5.41) is 8.90. The summed E-state index contributed by atoms with van der Waals surface area (Å²) in [6.07, 6.45) is -2.82. The topological polar surface area (TPSA) is 75.3 Å². The fraction of sp³-hybridized carbons (Fsp3) is 0.217. The van der Waals surface area contributed by atoms with Gasteiger partial charge in [-0.15, -0.1) is 0 Å². The zero-order chi connectivity index (χ0) is 23.1. The highest BCUT2D eigenvalue weighted by molar-refractivity contribution is 6.08. The predicted molar refractivity (Wildman–Crippen MR) is 118 cm³/mol. The summed E-state index contributed by atoms with van der Waals surface area (Å²) in [5.41, 5.74) is 1.69. The molecule has 168 valence electrons. The molecule has 6 nitrogen and oxygen atoms in total. The largest absolute Gasteiger partial charge is 0.480 e. The van der Waals surface area contributed by atoms with Gasteiger partial charge in [0, 0.05) is 30.7 Å². The lowest BCUT2D eigenvalue weighted by atomic mass is 10.1. The van der Waals surface area contributed by atoms with Crippen molar-refractivity contribution in [3.05, 3.63) is 77.5 Å². The summed E-state index contributed by atoms with van der Waals surface area (Å²) < 4.78 is 44.0. The minimum Gasteiger partial charge on any atom is -0.480 e. The van der Waals surface area contributed by atoms with Gasteiger partial charge in [0.2, 0.25) is 5.88 Å². The fourth-order valence-electron chi connectivity index (χ4n) is 3.08. The van der Waals surface area contributed by atoms with Crippen LogP contribution in [0.25, 0.3) is 0 Å². The molecule has 0 fully saturated rings. The van der Waals surface area contributed by atoms with Crippen LogP contribution in [0.4, 0.5) is 30.2 Å². The van der Waals surface area contributed by atoms with Gasteiger partial charge in [-0.1, -0.05) is 18.2 Å². The number of ether oxygens (including phenoxy) is 1. The molecule has 0 aliphatic heterocycles. The summed E-state index contributed by atoms with van der Waals surface area (Å²) >= 11 is 0. The molecule has 0 bridgehead atoms. The number of rotatable bonds is 8. The van der Waals surface area contributed by atoms with Crippen LogP contribution < -0.4 is 20.7 Å². The second-order valence-corrected chi connectivity index (χ2v) is 6.86. The number of carbonyl (C=O) groups excluding carboxylic acids is 1. The number of nitrogens with zero attached hydrogens (tertiary/aromatic N) is 1. The molecule has 32 heavy (non-hydrogen) atoms. The lowest BCUT2D eigenvalue weighted by Gasteiger charge is -2.14. The monoisotopic (exact) mass is 444 g/mol. The third-order valence-electron chi connectivity index (χ3n) is 4.57. The third kappa shape index (κ3) is 5.69. The van der Waals surface area contributed by atoms with Crippen LogP contribution in [0.15, 0.2) is 60.8 Å². The number of anilines is 3. The standard InChI is InChI=1S/C23H23F3N4O2/c1-3-27-20-11-15(14-29-22(20)32-2)13-28-19-10-5-4-9-18(19)21(31)30-17-8-6-7-16(12-17)23(24,25)26/h4-12,14,27-28H,3,13H2,1-2H3,(H,30,31). The maximum absolute atomic E-state index is 12.9. The van der Waals surface area contributed by atoms with Crippen LogP contribution in [-0.4, -0.2) is 24.5 Å². The number of amides is 1.